The summed E-state index contributed by atoms with van der Waals surface area (Å²) in [5.41, 5.74) is 3.17. The van der Waals surface area contributed by atoms with Gasteiger partial charge < -0.3 is 10.0 Å². The second-order valence-electron chi connectivity index (χ2n) is 5.43. The molecular formula is C16H18N2O2S. The Morgan fingerprint density at radius 3 is 3.05 bits per heavy atom. The maximum absolute atomic E-state index is 11.2. The molecule has 2 heterocycles. The lowest BCUT2D eigenvalue weighted by molar-refractivity contribution is -0.141. The first kappa shape index (κ1) is 14.1. The molecule has 4 nitrogen and oxygen atoms in total. The number of piperidine rings is 1. The number of nitrogens with zero attached hydrogens (tertiary/aromatic N) is 2. The number of hydrogen-bond donors (Lipinski definition) is 1. The molecule has 0 radical (unpaired) electrons. The Hall–Kier alpha value is -1.88. The Labute approximate surface area is 128 Å². The number of aryl methyl sites for hydroxylation is 1. The van der Waals surface area contributed by atoms with Gasteiger partial charge in [0.1, 0.15) is 0 Å². The van der Waals surface area contributed by atoms with E-state index in [-0.39, 0.29) is 5.92 Å². The summed E-state index contributed by atoms with van der Waals surface area (Å²) in [5, 5.41) is 12.3. The van der Waals surface area contributed by atoms with E-state index in [9.17, 15) is 9.90 Å². The van der Waals surface area contributed by atoms with Crippen molar-refractivity contribution in [2.75, 3.05) is 18.0 Å². The van der Waals surface area contributed by atoms with Gasteiger partial charge in [0, 0.05) is 29.7 Å². The molecule has 1 aromatic carbocycles. The van der Waals surface area contributed by atoms with Crippen LogP contribution in [0.3, 0.4) is 0 Å². The molecule has 1 N–H and O–H groups in total. The molecule has 0 amide bonds. The topological polar surface area (TPSA) is 53.4 Å². The van der Waals surface area contributed by atoms with E-state index in [0.717, 1.165) is 41.3 Å². The second kappa shape index (κ2) is 5.85. The lowest BCUT2D eigenvalue weighted by Gasteiger charge is -2.32. The molecule has 110 valence electrons. The van der Waals surface area contributed by atoms with E-state index in [4.69, 9.17) is 0 Å². The average Bonchev–Trinajstić information content (AvgIpc) is 2.94. The normalized spacial score (nSPS) is 18.7. The van der Waals surface area contributed by atoms with Crippen LogP contribution in [0, 0.1) is 12.8 Å². The highest BCUT2D eigenvalue weighted by Crippen LogP contribution is 2.28. The maximum Gasteiger partial charge on any atom is 0.308 e. The van der Waals surface area contributed by atoms with Gasteiger partial charge in [-0.15, -0.1) is 11.3 Å². The summed E-state index contributed by atoms with van der Waals surface area (Å²) in [6, 6.07) is 8.23. The third-order valence-corrected chi connectivity index (χ3v) is 4.67. The molecule has 1 atom stereocenters. The van der Waals surface area contributed by atoms with Crippen molar-refractivity contribution in [2.24, 2.45) is 5.92 Å². The molecule has 1 unspecified atom stereocenters. The van der Waals surface area contributed by atoms with Crippen LogP contribution >= 0.6 is 11.3 Å². The van der Waals surface area contributed by atoms with Crippen molar-refractivity contribution >= 4 is 23.0 Å². The van der Waals surface area contributed by atoms with Crippen molar-refractivity contribution in [3.05, 3.63) is 34.7 Å². The quantitative estimate of drug-likeness (QED) is 0.944. The van der Waals surface area contributed by atoms with Crippen molar-refractivity contribution in [2.45, 2.75) is 19.8 Å². The lowest BCUT2D eigenvalue weighted by Crippen LogP contribution is -2.38. The molecule has 3 rings (SSSR count). The summed E-state index contributed by atoms with van der Waals surface area (Å²) in [6.45, 7) is 3.51. The van der Waals surface area contributed by atoms with Crippen LogP contribution in [0.4, 0.5) is 5.69 Å². The molecule has 0 saturated carbocycles. The molecule has 0 bridgehead atoms. The SMILES string of the molecule is Cc1nc(-c2cccc(N3CCCC(C(=O)O)C3)c2)cs1. The second-order valence-corrected chi connectivity index (χ2v) is 6.49. The first-order valence-corrected chi connectivity index (χ1v) is 8.02. The zero-order valence-corrected chi connectivity index (χ0v) is 12.8. The van der Waals surface area contributed by atoms with Gasteiger partial charge in [-0.3, -0.25) is 4.79 Å². The molecule has 2 aromatic rings. The fourth-order valence-corrected chi connectivity index (χ4v) is 3.39. The van der Waals surface area contributed by atoms with Gasteiger partial charge in [0.05, 0.1) is 16.6 Å². The minimum absolute atomic E-state index is 0.260. The van der Waals surface area contributed by atoms with E-state index in [2.05, 4.69) is 27.4 Å². The molecule has 5 heteroatoms. The van der Waals surface area contributed by atoms with E-state index in [1.165, 1.54) is 0 Å². The number of aromatic nitrogens is 1. The third kappa shape index (κ3) is 3.08. The number of carbonyl (C=O) groups is 1. The summed E-state index contributed by atoms with van der Waals surface area (Å²) in [6.07, 6.45) is 1.70. The summed E-state index contributed by atoms with van der Waals surface area (Å²) >= 11 is 1.64. The third-order valence-electron chi connectivity index (χ3n) is 3.90. The Bertz CT molecular complexity index is 653. The van der Waals surface area contributed by atoms with Crippen molar-refractivity contribution in [3.8, 4) is 11.3 Å². The number of hydrogen-bond acceptors (Lipinski definition) is 4. The van der Waals surface area contributed by atoms with Crippen LogP contribution in [0.2, 0.25) is 0 Å². The van der Waals surface area contributed by atoms with Crippen LogP contribution < -0.4 is 4.90 Å². The zero-order chi connectivity index (χ0) is 14.8. The molecular weight excluding hydrogens is 284 g/mol. The van der Waals surface area contributed by atoms with E-state index >= 15 is 0 Å². The largest absolute Gasteiger partial charge is 0.481 e. The standard InChI is InChI=1S/C16H18N2O2S/c1-11-17-15(10-21-11)12-4-2-6-14(8-12)18-7-3-5-13(9-18)16(19)20/h2,4,6,8,10,13H,3,5,7,9H2,1H3,(H,19,20). The Kier molecular flexibility index (Phi) is 3.92. The highest BCUT2D eigenvalue weighted by atomic mass is 32.1. The summed E-state index contributed by atoms with van der Waals surface area (Å²) in [5.74, 6) is -0.949. The van der Waals surface area contributed by atoms with Gasteiger partial charge in [-0.05, 0) is 31.9 Å². The molecule has 1 aromatic heterocycles. The molecule has 1 fully saturated rings. The number of benzene rings is 1. The Morgan fingerprint density at radius 1 is 1.48 bits per heavy atom. The van der Waals surface area contributed by atoms with Crippen molar-refractivity contribution in [3.63, 3.8) is 0 Å². The van der Waals surface area contributed by atoms with E-state index in [1.807, 2.05) is 19.1 Å². The lowest BCUT2D eigenvalue weighted by atomic mass is 9.97. The molecule has 21 heavy (non-hydrogen) atoms. The van der Waals surface area contributed by atoms with Gasteiger partial charge >= 0.3 is 5.97 Å². The zero-order valence-electron chi connectivity index (χ0n) is 12.0. The van der Waals surface area contributed by atoms with Gasteiger partial charge in [-0.1, -0.05) is 12.1 Å². The Morgan fingerprint density at radius 2 is 2.33 bits per heavy atom. The van der Waals surface area contributed by atoms with Gasteiger partial charge in [0.2, 0.25) is 0 Å². The van der Waals surface area contributed by atoms with Crippen molar-refractivity contribution in [1.29, 1.82) is 0 Å². The van der Waals surface area contributed by atoms with Gasteiger partial charge in [-0.2, -0.15) is 0 Å². The van der Waals surface area contributed by atoms with Crippen LogP contribution in [0.5, 0.6) is 0 Å². The number of carboxylic acid groups (broad SMARTS) is 1. The maximum atomic E-state index is 11.2. The minimum atomic E-state index is -0.689. The summed E-state index contributed by atoms with van der Waals surface area (Å²) < 4.78 is 0. The first-order chi connectivity index (χ1) is 10.1. The number of thiazole rings is 1. The van der Waals surface area contributed by atoms with Crippen LogP contribution in [0.25, 0.3) is 11.3 Å². The highest BCUT2D eigenvalue weighted by molar-refractivity contribution is 7.09. The fourth-order valence-electron chi connectivity index (χ4n) is 2.77. The van der Waals surface area contributed by atoms with Gasteiger partial charge in [-0.25, -0.2) is 4.98 Å². The molecule has 1 aliphatic rings. The van der Waals surface area contributed by atoms with Crippen molar-refractivity contribution in [1.82, 2.24) is 4.98 Å². The fraction of sp³-hybridized carbons (Fsp3) is 0.375. The van der Waals surface area contributed by atoms with Crippen LogP contribution in [-0.2, 0) is 4.79 Å². The molecule has 0 spiro atoms. The summed E-state index contributed by atoms with van der Waals surface area (Å²) in [7, 11) is 0. The predicted molar refractivity (Wildman–Crippen MR) is 84.9 cm³/mol. The number of rotatable bonds is 3. The van der Waals surface area contributed by atoms with Gasteiger partial charge in [0.25, 0.3) is 0 Å². The monoisotopic (exact) mass is 302 g/mol. The van der Waals surface area contributed by atoms with E-state index < -0.39 is 5.97 Å². The molecule has 1 saturated heterocycles. The Balaban J connectivity index is 1.84. The summed E-state index contributed by atoms with van der Waals surface area (Å²) in [4.78, 5) is 17.9. The van der Waals surface area contributed by atoms with E-state index in [1.54, 1.807) is 11.3 Å². The van der Waals surface area contributed by atoms with Crippen LogP contribution in [0.15, 0.2) is 29.6 Å². The minimum Gasteiger partial charge on any atom is -0.481 e. The van der Waals surface area contributed by atoms with Crippen molar-refractivity contribution < 1.29 is 9.90 Å². The average molecular weight is 302 g/mol. The number of anilines is 1. The van der Waals surface area contributed by atoms with Crippen LogP contribution in [-0.4, -0.2) is 29.1 Å². The predicted octanol–water partition coefficient (Wildman–Crippen LogP) is 3.42. The number of aliphatic carboxylic acids is 1. The molecule has 1 aliphatic heterocycles. The molecule has 0 aliphatic carbocycles. The highest BCUT2D eigenvalue weighted by Gasteiger charge is 2.25. The van der Waals surface area contributed by atoms with Gasteiger partial charge in [0.15, 0.2) is 0 Å². The first-order valence-electron chi connectivity index (χ1n) is 7.14. The van der Waals surface area contributed by atoms with Crippen LogP contribution in [0.1, 0.15) is 17.8 Å². The smallest absolute Gasteiger partial charge is 0.308 e. The number of carboxylic acids is 1. The van der Waals surface area contributed by atoms with E-state index in [0.29, 0.717) is 6.54 Å².